The molecule has 0 unspecified atom stereocenters. The van der Waals surface area contributed by atoms with Crippen LogP contribution in [0.25, 0.3) is 0 Å². The second kappa shape index (κ2) is 6.61. The smallest absolute Gasteiger partial charge is 0.284 e. The predicted molar refractivity (Wildman–Crippen MR) is 74.5 cm³/mol. The van der Waals surface area contributed by atoms with Gasteiger partial charge in [0.05, 0.1) is 12.3 Å². The number of hydrogen-bond donors (Lipinski definition) is 1. The van der Waals surface area contributed by atoms with Gasteiger partial charge in [-0.25, -0.2) is 0 Å². The van der Waals surface area contributed by atoms with Crippen molar-refractivity contribution in [3.63, 3.8) is 0 Å². The van der Waals surface area contributed by atoms with Crippen LogP contribution < -0.4 is 5.32 Å². The fourth-order valence-corrected chi connectivity index (χ4v) is 2.14. The molecule has 0 aliphatic heterocycles. The minimum absolute atomic E-state index is 0.196. The molecule has 1 heterocycles. The molecule has 1 N–H and O–H groups in total. The number of halogens is 2. The lowest BCUT2D eigenvalue weighted by molar-refractivity contribution is 0.251. The SMILES string of the molecule is Cc1ccccc1NCc1ccc(CSC(F)F)o1. The summed E-state index contributed by atoms with van der Waals surface area (Å²) < 4.78 is 29.6. The Kier molecular flexibility index (Phi) is 4.85. The normalized spacial score (nSPS) is 10.9. The first-order valence-electron chi connectivity index (χ1n) is 5.92. The zero-order valence-corrected chi connectivity index (χ0v) is 11.3. The van der Waals surface area contributed by atoms with Crippen molar-refractivity contribution in [2.24, 2.45) is 0 Å². The summed E-state index contributed by atoms with van der Waals surface area (Å²) in [7, 11) is 0. The second-order valence-electron chi connectivity index (χ2n) is 4.11. The van der Waals surface area contributed by atoms with Gasteiger partial charge in [-0.1, -0.05) is 30.0 Å². The first kappa shape index (κ1) is 13.9. The van der Waals surface area contributed by atoms with Crippen molar-refractivity contribution in [3.8, 4) is 0 Å². The van der Waals surface area contributed by atoms with Crippen molar-refractivity contribution in [2.45, 2.75) is 25.0 Å². The van der Waals surface area contributed by atoms with Gasteiger partial charge in [-0.05, 0) is 30.7 Å². The molecule has 0 bridgehead atoms. The van der Waals surface area contributed by atoms with Crippen LogP contribution in [0, 0.1) is 6.92 Å². The fraction of sp³-hybridized carbons (Fsp3) is 0.286. The molecule has 0 fully saturated rings. The lowest BCUT2D eigenvalue weighted by Crippen LogP contribution is -1.99. The number of benzene rings is 1. The van der Waals surface area contributed by atoms with Crippen molar-refractivity contribution in [1.82, 2.24) is 0 Å². The predicted octanol–water partition coefficient (Wildman–Crippen LogP) is 4.66. The fourth-order valence-electron chi connectivity index (χ4n) is 1.69. The van der Waals surface area contributed by atoms with E-state index in [0.29, 0.717) is 24.1 Å². The molecule has 0 atom stereocenters. The molecule has 0 spiro atoms. The Balaban J connectivity index is 1.88. The summed E-state index contributed by atoms with van der Waals surface area (Å²) in [5.74, 6) is -0.846. The number of rotatable bonds is 6. The Hall–Kier alpha value is -1.49. The Bertz CT molecular complexity index is 528. The van der Waals surface area contributed by atoms with E-state index < -0.39 is 5.76 Å². The van der Waals surface area contributed by atoms with Crippen LogP contribution in [0.15, 0.2) is 40.8 Å². The van der Waals surface area contributed by atoms with Crippen LogP contribution in [0.5, 0.6) is 0 Å². The number of thioether (sulfide) groups is 1. The summed E-state index contributed by atoms with van der Waals surface area (Å²) in [6.45, 7) is 2.57. The molecule has 0 aliphatic rings. The number of nitrogens with one attached hydrogen (secondary N) is 1. The van der Waals surface area contributed by atoms with E-state index in [2.05, 4.69) is 5.32 Å². The summed E-state index contributed by atoms with van der Waals surface area (Å²) in [4.78, 5) is 0. The van der Waals surface area contributed by atoms with E-state index in [0.717, 1.165) is 17.0 Å². The van der Waals surface area contributed by atoms with Crippen LogP contribution in [-0.4, -0.2) is 5.76 Å². The molecule has 102 valence electrons. The van der Waals surface area contributed by atoms with Gasteiger partial charge in [-0.3, -0.25) is 0 Å². The van der Waals surface area contributed by atoms with E-state index >= 15 is 0 Å². The topological polar surface area (TPSA) is 25.2 Å². The molecule has 1 aromatic carbocycles. The summed E-state index contributed by atoms with van der Waals surface area (Å²) in [5, 5.41) is 3.26. The highest BCUT2D eigenvalue weighted by Crippen LogP contribution is 2.22. The number of furan rings is 1. The number of anilines is 1. The summed E-state index contributed by atoms with van der Waals surface area (Å²) in [5.41, 5.74) is 2.20. The average Bonchev–Trinajstić information content (AvgIpc) is 2.83. The first-order chi connectivity index (χ1) is 9.15. The summed E-state index contributed by atoms with van der Waals surface area (Å²) in [6.07, 6.45) is 0. The van der Waals surface area contributed by atoms with Crippen molar-refractivity contribution >= 4 is 17.4 Å². The molecule has 1 aromatic heterocycles. The van der Waals surface area contributed by atoms with Crippen LogP contribution in [0.3, 0.4) is 0 Å². The molecule has 2 rings (SSSR count). The van der Waals surface area contributed by atoms with E-state index in [4.69, 9.17) is 4.42 Å². The van der Waals surface area contributed by atoms with E-state index in [1.54, 1.807) is 6.07 Å². The van der Waals surface area contributed by atoms with E-state index in [-0.39, 0.29) is 5.75 Å². The van der Waals surface area contributed by atoms with Crippen molar-refractivity contribution in [2.75, 3.05) is 5.32 Å². The van der Waals surface area contributed by atoms with Crippen LogP contribution in [0.2, 0.25) is 0 Å². The Morgan fingerprint density at radius 2 is 1.89 bits per heavy atom. The molecule has 0 amide bonds. The Morgan fingerprint density at radius 3 is 2.63 bits per heavy atom. The monoisotopic (exact) mass is 283 g/mol. The zero-order valence-electron chi connectivity index (χ0n) is 10.5. The van der Waals surface area contributed by atoms with Gasteiger partial charge in [0.15, 0.2) is 0 Å². The third-order valence-corrected chi connectivity index (χ3v) is 3.37. The number of alkyl halides is 2. The number of para-hydroxylation sites is 1. The van der Waals surface area contributed by atoms with Gasteiger partial charge in [-0.2, -0.15) is 8.78 Å². The van der Waals surface area contributed by atoms with E-state index in [1.165, 1.54) is 0 Å². The van der Waals surface area contributed by atoms with Crippen LogP contribution in [0.4, 0.5) is 14.5 Å². The molecule has 19 heavy (non-hydrogen) atoms. The Labute approximate surface area is 115 Å². The molecular weight excluding hydrogens is 268 g/mol. The first-order valence-corrected chi connectivity index (χ1v) is 6.97. The van der Waals surface area contributed by atoms with Gasteiger partial charge in [0.25, 0.3) is 5.76 Å². The van der Waals surface area contributed by atoms with Crippen LogP contribution in [0.1, 0.15) is 17.1 Å². The standard InChI is InChI=1S/C14H15F2NOS/c1-10-4-2-3-5-13(10)17-8-11-6-7-12(18-11)9-19-14(15)16/h2-7,14,17H,8-9H2,1H3. The van der Waals surface area contributed by atoms with Gasteiger partial charge < -0.3 is 9.73 Å². The third kappa shape index (κ3) is 4.28. The maximum atomic E-state index is 12.1. The molecule has 2 nitrogen and oxygen atoms in total. The van der Waals surface area contributed by atoms with E-state index in [9.17, 15) is 8.78 Å². The summed E-state index contributed by atoms with van der Waals surface area (Å²) >= 11 is 0.567. The lowest BCUT2D eigenvalue weighted by atomic mass is 10.2. The van der Waals surface area contributed by atoms with Gasteiger partial charge in [0.1, 0.15) is 11.5 Å². The molecular formula is C14H15F2NOS. The lowest BCUT2D eigenvalue weighted by Gasteiger charge is -2.07. The van der Waals surface area contributed by atoms with E-state index in [1.807, 2.05) is 37.3 Å². The van der Waals surface area contributed by atoms with Crippen molar-refractivity contribution in [1.29, 1.82) is 0 Å². The van der Waals surface area contributed by atoms with Crippen LogP contribution >= 0.6 is 11.8 Å². The zero-order chi connectivity index (χ0) is 13.7. The minimum atomic E-state index is -2.36. The molecule has 0 saturated carbocycles. The molecule has 0 saturated heterocycles. The van der Waals surface area contributed by atoms with Crippen molar-refractivity contribution in [3.05, 3.63) is 53.5 Å². The highest BCUT2D eigenvalue weighted by atomic mass is 32.2. The summed E-state index contributed by atoms with van der Waals surface area (Å²) in [6, 6.07) is 11.5. The van der Waals surface area contributed by atoms with Gasteiger partial charge in [0, 0.05) is 5.69 Å². The number of aryl methyl sites for hydroxylation is 1. The second-order valence-corrected chi connectivity index (χ2v) is 5.09. The Morgan fingerprint density at radius 1 is 1.16 bits per heavy atom. The van der Waals surface area contributed by atoms with Crippen LogP contribution in [-0.2, 0) is 12.3 Å². The average molecular weight is 283 g/mol. The minimum Gasteiger partial charge on any atom is -0.463 e. The molecule has 2 aromatic rings. The highest BCUT2D eigenvalue weighted by Gasteiger charge is 2.07. The molecule has 0 aliphatic carbocycles. The molecule has 5 heteroatoms. The highest BCUT2D eigenvalue weighted by molar-refractivity contribution is 7.98. The number of hydrogen-bond acceptors (Lipinski definition) is 3. The van der Waals surface area contributed by atoms with Gasteiger partial charge >= 0.3 is 0 Å². The largest absolute Gasteiger partial charge is 0.463 e. The van der Waals surface area contributed by atoms with Gasteiger partial charge in [0.2, 0.25) is 0 Å². The molecule has 0 radical (unpaired) electrons. The van der Waals surface area contributed by atoms with Gasteiger partial charge in [-0.15, -0.1) is 0 Å². The third-order valence-electron chi connectivity index (χ3n) is 2.67. The maximum absolute atomic E-state index is 12.1. The quantitative estimate of drug-likeness (QED) is 0.835. The maximum Gasteiger partial charge on any atom is 0.284 e. The van der Waals surface area contributed by atoms with Crippen molar-refractivity contribution < 1.29 is 13.2 Å².